The zero-order valence-electron chi connectivity index (χ0n) is 7.65. The lowest BCUT2D eigenvalue weighted by atomic mass is 9.99. The molecule has 76 valence electrons. The van der Waals surface area contributed by atoms with Crippen LogP contribution in [0.25, 0.3) is 0 Å². The Balaban J connectivity index is 2.58. The van der Waals surface area contributed by atoms with Gasteiger partial charge in [0.1, 0.15) is 0 Å². The number of nitrogens with one attached hydrogen (secondary N) is 1. The van der Waals surface area contributed by atoms with E-state index >= 15 is 0 Å². The first-order valence-corrected chi connectivity index (χ1v) is 4.42. The average molecular weight is 201 g/mol. The first-order valence-electron chi connectivity index (χ1n) is 4.42. The van der Waals surface area contributed by atoms with Gasteiger partial charge in [0.25, 0.3) is 0 Å². The lowest BCUT2D eigenvalue weighted by Gasteiger charge is -2.14. The quantitative estimate of drug-likeness (QED) is 0.680. The van der Waals surface area contributed by atoms with Gasteiger partial charge < -0.3 is 5.32 Å². The molecule has 0 aliphatic carbocycles. The van der Waals surface area contributed by atoms with Crippen LogP contribution in [0.5, 0.6) is 0 Å². The predicted molar refractivity (Wildman–Crippen MR) is 46.7 cm³/mol. The topological polar surface area (TPSA) is 12.0 Å². The van der Waals surface area contributed by atoms with Crippen molar-refractivity contribution >= 4 is 0 Å². The highest BCUT2D eigenvalue weighted by atomic mass is 19.4. The molecule has 0 unspecified atom stereocenters. The van der Waals surface area contributed by atoms with E-state index in [-0.39, 0.29) is 6.04 Å². The van der Waals surface area contributed by atoms with E-state index in [1.165, 1.54) is 6.07 Å². The molecule has 4 heteroatoms. The molecule has 0 saturated heterocycles. The summed E-state index contributed by atoms with van der Waals surface area (Å²) in [5.74, 6) is 0. The standard InChI is InChI=1S/C10H10F3N/c1-6-9-7(5-14-6)3-2-4-8(9)10(11,12)13/h2-4,6,14H,5H2,1H3/t6-/m0/s1. The average Bonchev–Trinajstić information content (AvgIpc) is 2.46. The van der Waals surface area contributed by atoms with Gasteiger partial charge in [0.2, 0.25) is 0 Å². The van der Waals surface area contributed by atoms with E-state index in [1.807, 2.05) is 0 Å². The zero-order chi connectivity index (χ0) is 10.3. The molecular formula is C10H10F3N. The van der Waals surface area contributed by atoms with Crippen molar-refractivity contribution in [3.63, 3.8) is 0 Å². The largest absolute Gasteiger partial charge is 0.416 e. The fraction of sp³-hybridized carbons (Fsp3) is 0.400. The fourth-order valence-electron chi connectivity index (χ4n) is 1.89. The Bertz CT molecular complexity index is 357. The second-order valence-corrected chi connectivity index (χ2v) is 3.48. The third-order valence-electron chi connectivity index (χ3n) is 2.53. The lowest BCUT2D eigenvalue weighted by molar-refractivity contribution is -0.138. The second-order valence-electron chi connectivity index (χ2n) is 3.48. The number of halogens is 3. The summed E-state index contributed by atoms with van der Waals surface area (Å²) in [5, 5.41) is 3.00. The van der Waals surface area contributed by atoms with Crippen LogP contribution in [0.2, 0.25) is 0 Å². The maximum atomic E-state index is 12.6. The monoisotopic (exact) mass is 201 g/mol. The van der Waals surface area contributed by atoms with Crippen LogP contribution < -0.4 is 5.32 Å². The maximum Gasteiger partial charge on any atom is 0.416 e. The van der Waals surface area contributed by atoms with Crippen molar-refractivity contribution in [3.05, 3.63) is 34.9 Å². The van der Waals surface area contributed by atoms with Gasteiger partial charge in [0.05, 0.1) is 5.56 Å². The van der Waals surface area contributed by atoms with Crippen LogP contribution in [0, 0.1) is 0 Å². The molecule has 1 aromatic rings. The van der Waals surface area contributed by atoms with E-state index in [1.54, 1.807) is 13.0 Å². The van der Waals surface area contributed by atoms with Crippen LogP contribution in [-0.4, -0.2) is 0 Å². The Morgan fingerprint density at radius 1 is 1.36 bits per heavy atom. The van der Waals surface area contributed by atoms with Crippen LogP contribution in [0.15, 0.2) is 18.2 Å². The van der Waals surface area contributed by atoms with Crippen molar-refractivity contribution < 1.29 is 13.2 Å². The SMILES string of the molecule is C[C@@H]1NCc2cccc(C(F)(F)F)c21. The minimum Gasteiger partial charge on any atom is -0.306 e. The minimum atomic E-state index is -4.24. The van der Waals surface area contributed by atoms with E-state index in [9.17, 15) is 13.2 Å². The number of benzene rings is 1. The molecule has 2 rings (SSSR count). The molecule has 14 heavy (non-hydrogen) atoms. The fourth-order valence-corrected chi connectivity index (χ4v) is 1.89. The highest BCUT2D eigenvalue weighted by Crippen LogP contribution is 2.38. The second kappa shape index (κ2) is 2.98. The molecule has 0 fully saturated rings. The summed E-state index contributed by atoms with van der Waals surface area (Å²) >= 11 is 0. The lowest BCUT2D eigenvalue weighted by Crippen LogP contribution is -2.13. The highest BCUT2D eigenvalue weighted by Gasteiger charge is 2.36. The van der Waals surface area contributed by atoms with Crippen molar-refractivity contribution in [3.8, 4) is 0 Å². The Hall–Kier alpha value is -1.03. The number of fused-ring (bicyclic) bond motifs is 1. The first kappa shape index (κ1) is 9.52. The van der Waals surface area contributed by atoms with Crippen LogP contribution >= 0.6 is 0 Å². The Labute approximate surface area is 79.9 Å². The Morgan fingerprint density at radius 3 is 2.71 bits per heavy atom. The van der Waals surface area contributed by atoms with Gasteiger partial charge in [-0.15, -0.1) is 0 Å². The van der Waals surface area contributed by atoms with E-state index in [2.05, 4.69) is 5.32 Å². The molecule has 1 heterocycles. The molecule has 0 bridgehead atoms. The summed E-state index contributed by atoms with van der Waals surface area (Å²) in [6.07, 6.45) is -4.24. The Kier molecular flexibility index (Phi) is 2.03. The molecule has 0 saturated carbocycles. The van der Waals surface area contributed by atoms with Crippen LogP contribution in [0.1, 0.15) is 29.7 Å². The summed E-state index contributed by atoms with van der Waals surface area (Å²) in [6.45, 7) is 2.28. The summed E-state index contributed by atoms with van der Waals surface area (Å²) in [6, 6.07) is 4.13. The van der Waals surface area contributed by atoms with Gasteiger partial charge in [-0.1, -0.05) is 12.1 Å². The van der Waals surface area contributed by atoms with Gasteiger partial charge in [-0.25, -0.2) is 0 Å². The molecule has 0 radical (unpaired) electrons. The molecule has 1 aliphatic rings. The number of hydrogen-bond donors (Lipinski definition) is 1. The molecule has 1 aliphatic heterocycles. The molecule has 0 amide bonds. The van der Waals surface area contributed by atoms with Gasteiger partial charge in [-0.3, -0.25) is 0 Å². The summed E-state index contributed by atoms with van der Waals surface area (Å²) in [4.78, 5) is 0. The van der Waals surface area contributed by atoms with Gasteiger partial charge in [-0.05, 0) is 24.1 Å². The normalized spacial score (nSPS) is 21.0. The third-order valence-corrected chi connectivity index (χ3v) is 2.53. The smallest absolute Gasteiger partial charge is 0.306 e. The molecule has 1 nitrogen and oxygen atoms in total. The zero-order valence-corrected chi connectivity index (χ0v) is 7.65. The van der Waals surface area contributed by atoms with E-state index in [4.69, 9.17) is 0 Å². The van der Waals surface area contributed by atoms with Gasteiger partial charge in [0, 0.05) is 12.6 Å². The van der Waals surface area contributed by atoms with Crippen LogP contribution in [-0.2, 0) is 12.7 Å². The highest BCUT2D eigenvalue weighted by molar-refractivity contribution is 5.41. The van der Waals surface area contributed by atoms with Crippen molar-refractivity contribution in [2.45, 2.75) is 25.7 Å². The van der Waals surface area contributed by atoms with Gasteiger partial charge >= 0.3 is 6.18 Å². The van der Waals surface area contributed by atoms with Gasteiger partial charge in [0.15, 0.2) is 0 Å². The minimum absolute atomic E-state index is 0.206. The van der Waals surface area contributed by atoms with Crippen LogP contribution in [0.3, 0.4) is 0 Å². The predicted octanol–water partition coefficient (Wildman–Crippen LogP) is 2.87. The Morgan fingerprint density at radius 2 is 2.07 bits per heavy atom. The third kappa shape index (κ3) is 1.39. The van der Waals surface area contributed by atoms with Crippen molar-refractivity contribution in [1.29, 1.82) is 0 Å². The number of alkyl halides is 3. The van der Waals surface area contributed by atoms with E-state index < -0.39 is 11.7 Å². The van der Waals surface area contributed by atoms with Crippen molar-refractivity contribution in [2.24, 2.45) is 0 Å². The van der Waals surface area contributed by atoms with Crippen LogP contribution in [0.4, 0.5) is 13.2 Å². The van der Waals surface area contributed by atoms with Gasteiger partial charge in [-0.2, -0.15) is 13.2 Å². The molecule has 1 N–H and O–H groups in total. The molecule has 0 spiro atoms. The number of rotatable bonds is 0. The van der Waals surface area contributed by atoms with E-state index in [0.29, 0.717) is 12.1 Å². The molecule has 1 aromatic carbocycles. The van der Waals surface area contributed by atoms with E-state index in [0.717, 1.165) is 11.6 Å². The maximum absolute atomic E-state index is 12.6. The summed E-state index contributed by atoms with van der Waals surface area (Å²) in [7, 11) is 0. The number of hydrogen-bond acceptors (Lipinski definition) is 1. The summed E-state index contributed by atoms with van der Waals surface area (Å²) in [5.41, 5.74) is 0.653. The molecular weight excluding hydrogens is 191 g/mol. The van der Waals surface area contributed by atoms with Crippen molar-refractivity contribution in [1.82, 2.24) is 5.32 Å². The first-order chi connectivity index (χ1) is 6.50. The molecule has 1 atom stereocenters. The van der Waals surface area contributed by atoms with Crippen molar-refractivity contribution in [2.75, 3.05) is 0 Å². The summed E-state index contributed by atoms with van der Waals surface area (Å²) < 4.78 is 37.8. The molecule has 0 aromatic heterocycles.